The number of benzene rings is 1. The predicted molar refractivity (Wildman–Crippen MR) is 77.3 cm³/mol. The SMILES string of the molecule is CNC1CCCc2nc(-c3ccc(F)c(Cl)c3)sc21. The molecule has 1 aromatic carbocycles. The summed E-state index contributed by atoms with van der Waals surface area (Å²) in [5.41, 5.74) is 2.06. The van der Waals surface area contributed by atoms with E-state index in [9.17, 15) is 4.39 Å². The van der Waals surface area contributed by atoms with Crippen LogP contribution >= 0.6 is 22.9 Å². The van der Waals surface area contributed by atoms with E-state index in [0.717, 1.165) is 29.8 Å². The van der Waals surface area contributed by atoms with Crippen LogP contribution in [0.3, 0.4) is 0 Å². The maximum Gasteiger partial charge on any atom is 0.141 e. The largest absolute Gasteiger partial charge is 0.312 e. The molecule has 1 unspecified atom stereocenters. The Morgan fingerprint density at radius 3 is 3.05 bits per heavy atom. The van der Waals surface area contributed by atoms with E-state index < -0.39 is 0 Å². The predicted octanol–water partition coefficient (Wildman–Crippen LogP) is 4.20. The molecule has 2 aromatic rings. The Labute approximate surface area is 120 Å². The lowest BCUT2D eigenvalue weighted by molar-refractivity contribution is 0.501. The number of hydrogen-bond acceptors (Lipinski definition) is 3. The van der Waals surface area contributed by atoms with Gasteiger partial charge in [0.2, 0.25) is 0 Å². The average Bonchev–Trinajstić information content (AvgIpc) is 2.85. The zero-order valence-electron chi connectivity index (χ0n) is 10.5. The molecule has 19 heavy (non-hydrogen) atoms. The molecule has 0 spiro atoms. The molecule has 1 atom stereocenters. The molecule has 0 saturated heterocycles. The van der Waals surface area contributed by atoms with Crippen molar-refractivity contribution in [3.63, 3.8) is 0 Å². The van der Waals surface area contributed by atoms with Crippen LogP contribution in [0.1, 0.15) is 29.5 Å². The molecule has 1 heterocycles. The molecule has 1 aliphatic rings. The molecular formula is C14H14ClFN2S. The summed E-state index contributed by atoms with van der Waals surface area (Å²) in [6, 6.07) is 5.18. The van der Waals surface area contributed by atoms with Crippen molar-refractivity contribution < 1.29 is 4.39 Å². The Balaban J connectivity index is 2.02. The van der Waals surface area contributed by atoms with Gasteiger partial charge in [0.05, 0.1) is 10.7 Å². The number of nitrogens with zero attached hydrogens (tertiary/aromatic N) is 1. The Morgan fingerprint density at radius 1 is 1.47 bits per heavy atom. The van der Waals surface area contributed by atoms with Gasteiger partial charge in [0.15, 0.2) is 0 Å². The smallest absolute Gasteiger partial charge is 0.141 e. The fourth-order valence-corrected chi connectivity index (χ4v) is 3.88. The highest BCUT2D eigenvalue weighted by molar-refractivity contribution is 7.15. The van der Waals surface area contributed by atoms with Crippen LogP contribution in [0.2, 0.25) is 5.02 Å². The van der Waals surface area contributed by atoms with Crippen molar-refractivity contribution in [3.05, 3.63) is 39.6 Å². The summed E-state index contributed by atoms with van der Waals surface area (Å²) >= 11 is 7.52. The molecule has 3 rings (SSSR count). The van der Waals surface area contributed by atoms with Gasteiger partial charge >= 0.3 is 0 Å². The van der Waals surface area contributed by atoms with Crippen LogP contribution in [0, 0.1) is 5.82 Å². The Morgan fingerprint density at radius 2 is 2.32 bits per heavy atom. The third-order valence-electron chi connectivity index (χ3n) is 3.47. The van der Waals surface area contributed by atoms with Crippen LogP contribution in [-0.4, -0.2) is 12.0 Å². The second-order valence-corrected chi connectivity index (χ2v) is 6.13. The highest BCUT2D eigenvalue weighted by Gasteiger charge is 2.23. The summed E-state index contributed by atoms with van der Waals surface area (Å²) in [6.45, 7) is 0. The maximum atomic E-state index is 13.2. The summed E-state index contributed by atoms with van der Waals surface area (Å²) in [4.78, 5) is 6.00. The average molecular weight is 297 g/mol. The molecular weight excluding hydrogens is 283 g/mol. The van der Waals surface area contributed by atoms with Crippen molar-refractivity contribution in [1.29, 1.82) is 0 Å². The fourth-order valence-electron chi connectivity index (χ4n) is 2.45. The number of aromatic nitrogens is 1. The van der Waals surface area contributed by atoms with E-state index in [4.69, 9.17) is 11.6 Å². The number of fused-ring (bicyclic) bond motifs is 1. The second kappa shape index (κ2) is 5.19. The van der Waals surface area contributed by atoms with E-state index in [2.05, 4.69) is 10.3 Å². The lowest BCUT2D eigenvalue weighted by atomic mass is 9.98. The van der Waals surface area contributed by atoms with Crippen molar-refractivity contribution in [2.24, 2.45) is 0 Å². The number of thiazole rings is 1. The number of halogens is 2. The van der Waals surface area contributed by atoms with Gasteiger partial charge in [-0.2, -0.15) is 0 Å². The van der Waals surface area contributed by atoms with Crippen LogP contribution in [0.4, 0.5) is 4.39 Å². The Kier molecular flexibility index (Phi) is 3.56. The van der Waals surface area contributed by atoms with Gasteiger partial charge in [-0.05, 0) is 44.5 Å². The molecule has 0 radical (unpaired) electrons. The topological polar surface area (TPSA) is 24.9 Å². The number of hydrogen-bond donors (Lipinski definition) is 1. The minimum atomic E-state index is -0.389. The van der Waals surface area contributed by atoms with E-state index in [1.807, 2.05) is 7.05 Å². The molecule has 1 N–H and O–H groups in total. The van der Waals surface area contributed by atoms with Crippen molar-refractivity contribution in [3.8, 4) is 10.6 Å². The minimum absolute atomic E-state index is 0.149. The van der Waals surface area contributed by atoms with Crippen LogP contribution in [0.15, 0.2) is 18.2 Å². The fraction of sp³-hybridized carbons (Fsp3) is 0.357. The highest BCUT2D eigenvalue weighted by Crippen LogP contribution is 2.38. The van der Waals surface area contributed by atoms with Crippen molar-refractivity contribution >= 4 is 22.9 Å². The third kappa shape index (κ3) is 2.40. The van der Waals surface area contributed by atoms with Crippen LogP contribution in [0.5, 0.6) is 0 Å². The van der Waals surface area contributed by atoms with Gasteiger partial charge in [-0.1, -0.05) is 11.6 Å². The molecule has 0 bridgehead atoms. The van der Waals surface area contributed by atoms with Gasteiger partial charge in [-0.25, -0.2) is 9.37 Å². The number of nitrogens with one attached hydrogen (secondary N) is 1. The Hall–Kier alpha value is -0.970. The molecule has 100 valence electrons. The minimum Gasteiger partial charge on any atom is -0.312 e. The molecule has 2 nitrogen and oxygen atoms in total. The molecule has 0 amide bonds. The van der Waals surface area contributed by atoms with E-state index in [1.54, 1.807) is 23.5 Å². The van der Waals surface area contributed by atoms with E-state index in [0.29, 0.717) is 6.04 Å². The summed E-state index contributed by atoms with van der Waals surface area (Å²) in [7, 11) is 1.98. The molecule has 1 aromatic heterocycles. The molecule has 0 saturated carbocycles. The lowest BCUT2D eigenvalue weighted by Crippen LogP contribution is -2.19. The summed E-state index contributed by atoms with van der Waals surface area (Å²) in [5.74, 6) is -0.389. The first kappa shape index (κ1) is 13.0. The van der Waals surface area contributed by atoms with Crippen molar-refractivity contribution in [1.82, 2.24) is 10.3 Å². The standard InChI is InChI=1S/C14H14ClFN2S/c1-17-11-3-2-4-12-13(11)19-14(18-12)8-5-6-10(16)9(15)7-8/h5-7,11,17H,2-4H2,1H3. The number of aryl methyl sites for hydroxylation is 1. The van der Waals surface area contributed by atoms with Crippen molar-refractivity contribution in [2.45, 2.75) is 25.3 Å². The van der Waals surface area contributed by atoms with Gasteiger partial charge in [0.1, 0.15) is 10.8 Å². The first-order chi connectivity index (χ1) is 9.19. The molecule has 0 aliphatic heterocycles. The maximum absolute atomic E-state index is 13.2. The number of rotatable bonds is 2. The van der Waals surface area contributed by atoms with Gasteiger partial charge in [0.25, 0.3) is 0 Å². The van der Waals surface area contributed by atoms with Gasteiger partial charge in [-0.15, -0.1) is 11.3 Å². The van der Waals surface area contributed by atoms with E-state index in [-0.39, 0.29) is 10.8 Å². The van der Waals surface area contributed by atoms with Crippen LogP contribution in [0.25, 0.3) is 10.6 Å². The summed E-state index contributed by atoms with van der Waals surface area (Å²) in [6.07, 6.45) is 3.33. The zero-order chi connectivity index (χ0) is 13.4. The Bertz CT molecular complexity index is 611. The lowest BCUT2D eigenvalue weighted by Gasteiger charge is -2.19. The third-order valence-corrected chi connectivity index (χ3v) is 5.02. The van der Waals surface area contributed by atoms with Gasteiger partial charge in [0, 0.05) is 16.5 Å². The van der Waals surface area contributed by atoms with Crippen LogP contribution in [-0.2, 0) is 6.42 Å². The van der Waals surface area contributed by atoms with E-state index in [1.165, 1.54) is 16.6 Å². The molecule has 5 heteroatoms. The second-order valence-electron chi connectivity index (χ2n) is 4.69. The highest BCUT2D eigenvalue weighted by atomic mass is 35.5. The van der Waals surface area contributed by atoms with Crippen molar-refractivity contribution in [2.75, 3.05) is 7.05 Å². The monoisotopic (exact) mass is 296 g/mol. The zero-order valence-corrected chi connectivity index (χ0v) is 12.1. The summed E-state index contributed by atoms with van der Waals surface area (Å²) < 4.78 is 13.2. The van der Waals surface area contributed by atoms with Gasteiger partial charge in [-0.3, -0.25) is 0 Å². The van der Waals surface area contributed by atoms with Crippen LogP contribution < -0.4 is 5.32 Å². The van der Waals surface area contributed by atoms with Gasteiger partial charge < -0.3 is 5.32 Å². The molecule has 0 fully saturated rings. The first-order valence-corrected chi connectivity index (χ1v) is 7.51. The first-order valence-electron chi connectivity index (χ1n) is 6.31. The quantitative estimate of drug-likeness (QED) is 0.898. The van der Waals surface area contributed by atoms with E-state index >= 15 is 0 Å². The summed E-state index contributed by atoms with van der Waals surface area (Å²) in [5, 5.41) is 4.40. The normalized spacial score (nSPS) is 18.4. The molecule has 1 aliphatic carbocycles.